The second kappa shape index (κ2) is 8.66. The van der Waals surface area contributed by atoms with Gasteiger partial charge in [-0.2, -0.15) is 0 Å². The summed E-state index contributed by atoms with van der Waals surface area (Å²) in [5.41, 5.74) is 0.596. The number of benzene rings is 1. The summed E-state index contributed by atoms with van der Waals surface area (Å²) < 4.78 is 5.02. The molecule has 0 saturated heterocycles. The second-order valence-corrected chi connectivity index (χ2v) is 5.93. The average Bonchev–Trinajstić information content (AvgIpc) is 3.14. The van der Waals surface area contributed by atoms with E-state index in [1.165, 1.54) is 18.4 Å². The largest absolute Gasteiger partial charge is 0.480 e. The molecular formula is C19H20N2O5. The van der Waals surface area contributed by atoms with Gasteiger partial charge in [-0.3, -0.25) is 9.59 Å². The summed E-state index contributed by atoms with van der Waals surface area (Å²) in [4.78, 5) is 36.1. The molecule has 0 aliphatic rings. The fraction of sp³-hybridized carbons (Fsp3) is 0.211. The van der Waals surface area contributed by atoms with Gasteiger partial charge >= 0.3 is 5.97 Å². The molecule has 7 nitrogen and oxygen atoms in total. The minimum Gasteiger partial charge on any atom is -0.480 e. The van der Waals surface area contributed by atoms with Gasteiger partial charge in [0.15, 0.2) is 5.76 Å². The van der Waals surface area contributed by atoms with Crippen LogP contribution in [-0.2, 0) is 9.59 Å². The highest BCUT2D eigenvalue weighted by Gasteiger charge is 2.26. The summed E-state index contributed by atoms with van der Waals surface area (Å²) in [6.45, 7) is 3.36. The van der Waals surface area contributed by atoms with Crippen LogP contribution in [0.4, 0.5) is 0 Å². The van der Waals surface area contributed by atoms with E-state index in [1.807, 2.05) is 6.07 Å². The molecule has 136 valence electrons. The zero-order valence-electron chi connectivity index (χ0n) is 14.4. The fourth-order valence-electron chi connectivity index (χ4n) is 2.20. The number of furan rings is 1. The van der Waals surface area contributed by atoms with Gasteiger partial charge in [0.2, 0.25) is 0 Å². The van der Waals surface area contributed by atoms with Crippen molar-refractivity contribution >= 4 is 23.9 Å². The fourth-order valence-corrected chi connectivity index (χ4v) is 2.20. The Bertz CT molecular complexity index is 795. The van der Waals surface area contributed by atoms with Gasteiger partial charge in [-0.15, -0.1) is 0 Å². The summed E-state index contributed by atoms with van der Waals surface area (Å²) in [5, 5.41) is 14.2. The number of carbonyl (C=O) groups is 3. The molecule has 2 rings (SSSR count). The van der Waals surface area contributed by atoms with Crippen molar-refractivity contribution in [3.63, 3.8) is 0 Å². The Morgan fingerprint density at radius 1 is 1.08 bits per heavy atom. The number of rotatable bonds is 7. The summed E-state index contributed by atoms with van der Waals surface area (Å²) >= 11 is 0. The van der Waals surface area contributed by atoms with Crippen LogP contribution in [0.1, 0.15) is 30.0 Å². The number of carboxylic acids is 1. The number of carbonyl (C=O) groups excluding carboxylic acids is 2. The maximum atomic E-state index is 12.6. The Hall–Kier alpha value is -3.35. The third-order valence-electron chi connectivity index (χ3n) is 3.57. The number of amides is 2. The van der Waals surface area contributed by atoms with Crippen molar-refractivity contribution in [2.24, 2.45) is 5.92 Å². The standard InChI is InChI=1S/C19H20N2O5/c1-12(2)16(19(24)25)21-17(22)14(11-13-7-4-3-5-8-13)20-18(23)15-9-6-10-26-15/h3-12,16H,1-2H3,(H,20,23)(H,21,22)(H,24,25)/b14-11-/t16-/m1/s1. The van der Waals surface area contributed by atoms with E-state index in [-0.39, 0.29) is 17.4 Å². The number of hydrogen-bond donors (Lipinski definition) is 3. The molecule has 0 bridgehead atoms. The lowest BCUT2D eigenvalue weighted by Crippen LogP contribution is -2.47. The van der Waals surface area contributed by atoms with E-state index in [4.69, 9.17) is 4.42 Å². The minimum atomic E-state index is -1.15. The summed E-state index contributed by atoms with van der Waals surface area (Å²) in [6.07, 6.45) is 2.81. The van der Waals surface area contributed by atoms with E-state index in [0.29, 0.717) is 5.56 Å². The molecule has 0 aliphatic carbocycles. The molecule has 0 saturated carbocycles. The van der Waals surface area contributed by atoms with Crippen LogP contribution in [0.3, 0.4) is 0 Å². The zero-order valence-corrected chi connectivity index (χ0v) is 14.4. The van der Waals surface area contributed by atoms with Gasteiger partial charge in [0, 0.05) is 0 Å². The van der Waals surface area contributed by atoms with Crippen molar-refractivity contribution < 1.29 is 23.9 Å². The first kappa shape index (κ1) is 19.0. The molecule has 1 heterocycles. The highest BCUT2D eigenvalue weighted by atomic mass is 16.4. The van der Waals surface area contributed by atoms with Crippen LogP contribution in [0.5, 0.6) is 0 Å². The SMILES string of the molecule is CC(C)[C@@H](NC(=O)/C(=C/c1ccccc1)NC(=O)c1ccco1)C(=O)O. The van der Waals surface area contributed by atoms with Crippen molar-refractivity contribution in [3.05, 3.63) is 65.7 Å². The third-order valence-corrected chi connectivity index (χ3v) is 3.57. The molecule has 2 amide bonds. The monoisotopic (exact) mass is 356 g/mol. The lowest BCUT2D eigenvalue weighted by molar-refractivity contribution is -0.142. The van der Waals surface area contributed by atoms with Gasteiger partial charge in [-0.25, -0.2) is 4.79 Å². The number of hydrogen-bond acceptors (Lipinski definition) is 4. The molecule has 0 spiro atoms. The summed E-state index contributed by atoms with van der Waals surface area (Å²) in [5.74, 6) is -2.74. The molecule has 1 aromatic heterocycles. The van der Waals surface area contributed by atoms with Gasteiger partial charge in [-0.05, 0) is 29.7 Å². The molecule has 2 aromatic rings. The smallest absolute Gasteiger partial charge is 0.326 e. The highest BCUT2D eigenvalue weighted by molar-refractivity contribution is 6.05. The van der Waals surface area contributed by atoms with Crippen LogP contribution in [0.2, 0.25) is 0 Å². The van der Waals surface area contributed by atoms with Crippen LogP contribution in [0.25, 0.3) is 6.08 Å². The molecular weight excluding hydrogens is 336 g/mol. The van der Waals surface area contributed by atoms with Crippen molar-refractivity contribution in [2.75, 3.05) is 0 Å². The Kier molecular flexibility index (Phi) is 6.32. The molecule has 7 heteroatoms. The van der Waals surface area contributed by atoms with Gasteiger partial charge in [0.25, 0.3) is 11.8 Å². The topological polar surface area (TPSA) is 109 Å². The van der Waals surface area contributed by atoms with Crippen molar-refractivity contribution in [1.29, 1.82) is 0 Å². The van der Waals surface area contributed by atoms with Crippen LogP contribution in [0.15, 0.2) is 58.8 Å². The minimum absolute atomic E-state index is 0.0374. The molecule has 0 aliphatic heterocycles. The van der Waals surface area contributed by atoms with E-state index in [1.54, 1.807) is 44.2 Å². The predicted molar refractivity (Wildman–Crippen MR) is 95.0 cm³/mol. The van der Waals surface area contributed by atoms with Gasteiger partial charge in [0.05, 0.1) is 6.26 Å². The first-order valence-corrected chi connectivity index (χ1v) is 8.03. The normalized spacial score (nSPS) is 12.5. The second-order valence-electron chi connectivity index (χ2n) is 5.93. The quantitative estimate of drug-likeness (QED) is 0.660. The molecule has 0 radical (unpaired) electrons. The molecule has 0 fully saturated rings. The number of nitrogens with one attached hydrogen (secondary N) is 2. The van der Waals surface area contributed by atoms with Gasteiger partial charge in [0.1, 0.15) is 11.7 Å². The maximum Gasteiger partial charge on any atom is 0.326 e. The van der Waals surface area contributed by atoms with E-state index in [0.717, 1.165) is 0 Å². The summed E-state index contributed by atoms with van der Waals surface area (Å²) in [6, 6.07) is 10.8. The molecule has 26 heavy (non-hydrogen) atoms. The lowest BCUT2D eigenvalue weighted by atomic mass is 10.0. The Balaban J connectivity index is 2.27. The molecule has 3 N–H and O–H groups in total. The first-order valence-electron chi connectivity index (χ1n) is 8.03. The van der Waals surface area contributed by atoms with E-state index in [2.05, 4.69) is 10.6 Å². The number of aliphatic carboxylic acids is 1. The van der Waals surface area contributed by atoms with E-state index < -0.39 is 23.8 Å². The predicted octanol–water partition coefficient (Wildman–Crippen LogP) is 2.28. The lowest BCUT2D eigenvalue weighted by Gasteiger charge is -2.19. The van der Waals surface area contributed by atoms with Gasteiger partial charge in [-0.1, -0.05) is 44.2 Å². The van der Waals surface area contributed by atoms with Crippen LogP contribution in [-0.4, -0.2) is 28.9 Å². The van der Waals surface area contributed by atoms with Gasteiger partial charge < -0.3 is 20.2 Å². The third kappa shape index (κ3) is 5.07. The Morgan fingerprint density at radius 3 is 2.31 bits per heavy atom. The number of carboxylic acid groups (broad SMARTS) is 1. The maximum absolute atomic E-state index is 12.6. The van der Waals surface area contributed by atoms with Crippen molar-refractivity contribution in [3.8, 4) is 0 Å². The molecule has 1 aromatic carbocycles. The average molecular weight is 356 g/mol. The molecule has 0 unspecified atom stereocenters. The Morgan fingerprint density at radius 2 is 1.77 bits per heavy atom. The highest BCUT2D eigenvalue weighted by Crippen LogP contribution is 2.09. The zero-order chi connectivity index (χ0) is 19.1. The first-order chi connectivity index (χ1) is 12.4. The summed E-state index contributed by atoms with van der Waals surface area (Å²) in [7, 11) is 0. The molecule has 1 atom stereocenters. The van der Waals surface area contributed by atoms with Crippen LogP contribution >= 0.6 is 0 Å². The van der Waals surface area contributed by atoms with Crippen LogP contribution in [0, 0.1) is 5.92 Å². The van der Waals surface area contributed by atoms with Crippen molar-refractivity contribution in [1.82, 2.24) is 10.6 Å². The van der Waals surface area contributed by atoms with Crippen LogP contribution < -0.4 is 10.6 Å². The van der Waals surface area contributed by atoms with E-state index >= 15 is 0 Å². The Labute approximate surface area is 150 Å². The van der Waals surface area contributed by atoms with E-state index in [9.17, 15) is 19.5 Å². The van der Waals surface area contributed by atoms with Crippen molar-refractivity contribution in [2.45, 2.75) is 19.9 Å².